The summed E-state index contributed by atoms with van der Waals surface area (Å²) < 4.78 is 5.62. The lowest BCUT2D eigenvalue weighted by Crippen LogP contribution is -2.28. The molecule has 0 radical (unpaired) electrons. The van der Waals surface area contributed by atoms with Crippen LogP contribution < -0.4 is 5.32 Å². The van der Waals surface area contributed by atoms with Gasteiger partial charge in [0, 0.05) is 19.3 Å². The molecule has 0 aliphatic heterocycles. The molecule has 2 heteroatoms. The van der Waals surface area contributed by atoms with E-state index in [0.29, 0.717) is 6.04 Å². The van der Waals surface area contributed by atoms with E-state index in [1.165, 1.54) is 12.8 Å². The molecule has 0 heterocycles. The molecule has 0 bridgehead atoms. The van der Waals surface area contributed by atoms with Crippen molar-refractivity contribution in [2.45, 2.75) is 53.0 Å². The van der Waals surface area contributed by atoms with Crippen LogP contribution in [0.15, 0.2) is 0 Å². The van der Waals surface area contributed by atoms with E-state index < -0.39 is 0 Å². The molecule has 0 rings (SSSR count). The Hall–Kier alpha value is -0.0800. The summed E-state index contributed by atoms with van der Waals surface area (Å²) >= 11 is 0. The first-order valence-corrected chi connectivity index (χ1v) is 6.31. The van der Waals surface area contributed by atoms with Crippen molar-refractivity contribution in [3.05, 3.63) is 0 Å². The van der Waals surface area contributed by atoms with Gasteiger partial charge < -0.3 is 10.1 Å². The zero-order valence-corrected chi connectivity index (χ0v) is 11.2. The van der Waals surface area contributed by atoms with Gasteiger partial charge in [-0.15, -0.1) is 0 Å². The van der Waals surface area contributed by atoms with Crippen molar-refractivity contribution in [3.8, 4) is 0 Å². The fourth-order valence-corrected chi connectivity index (χ4v) is 1.60. The third-order valence-electron chi connectivity index (χ3n) is 2.61. The molecule has 2 nitrogen and oxygen atoms in total. The van der Waals surface area contributed by atoms with Gasteiger partial charge in [-0.05, 0) is 38.1 Å². The van der Waals surface area contributed by atoms with Crippen molar-refractivity contribution in [1.29, 1.82) is 0 Å². The molecule has 0 amide bonds. The fraction of sp³-hybridized carbons (Fsp3) is 1.00. The molecular formula is C13H29NO. The lowest BCUT2D eigenvalue weighted by molar-refractivity contribution is 0.113. The predicted octanol–water partition coefficient (Wildman–Crippen LogP) is 3.07. The molecule has 0 saturated carbocycles. The maximum Gasteiger partial charge on any atom is 0.0480 e. The summed E-state index contributed by atoms with van der Waals surface area (Å²) in [5, 5.41) is 3.35. The topological polar surface area (TPSA) is 21.3 Å². The summed E-state index contributed by atoms with van der Waals surface area (Å²) in [5.41, 5.74) is 0. The van der Waals surface area contributed by atoms with Crippen LogP contribution >= 0.6 is 0 Å². The van der Waals surface area contributed by atoms with Crippen LogP contribution in [0.1, 0.15) is 47.0 Å². The van der Waals surface area contributed by atoms with Crippen LogP contribution in [-0.2, 0) is 4.74 Å². The summed E-state index contributed by atoms with van der Waals surface area (Å²) in [7, 11) is 2.04. The SMILES string of the molecule is CNC(CCOCCC(C)C)CC(C)C. The van der Waals surface area contributed by atoms with E-state index in [0.717, 1.165) is 31.5 Å². The molecule has 1 N–H and O–H groups in total. The van der Waals surface area contributed by atoms with E-state index in [4.69, 9.17) is 4.74 Å². The van der Waals surface area contributed by atoms with Gasteiger partial charge in [0.2, 0.25) is 0 Å². The molecule has 0 aromatic carbocycles. The molecule has 1 atom stereocenters. The van der Waals surface area contributed by atoms with E-state index in [1.807, 2.05) is 7.05 Å². The largest absolute Gasteiger partial charge is 0.381 e. The fourth-order valence-electron chi connectivity index (χ4n) is 1.60. The second-order valence-corrected chi connectivity index (χ2v) is 5.20. The first-order valence-electron chi connectivity index (χ1n) is 6.31. The number of ether oxygens (including phenoxy) is 1. The van der Waals surface area contributed by atoms with Crippen molar-refractivity contribution in [3.63, 3.8) is 0 Å². The lowest BCUT2D eigenvalue weighted by Gasteiger charge is -2.18. The molecular weight excluding hydrogens is 186 g/mol. The maximum absolute atomic E-state index is 5.62. The van der Waals surface area contributed by atoms with Crippen LogP contribution in [-0.4, -0.2) is 26.3 Å². The summed E-state index contributed by atoms with van der Waals surface area (Å²) in [6, 6.07) is 0.615. The maximum atomic E-state index is 5.62. The van der Waals surface area contributed by atoms with E-state index in [1.54, 1.807) is 0 Å². The predicted molar refractivity (Wildman–Crippen MR) is 67.2 cm³/mol. The van der Waals surface area contributed by atoms with Gasteiger partial charge in [0.05, 0.1) is 0 Å². The quantitative estimate of drug-likeness (QED) is 0.597. The molecule has 0 aliphatic carbocycles. The summed E-state index contributed by atoms with van der Waals surface area (Å²) in [6.07, 6.45) is 3.55. The average molecular weight is 215 g/mol. The lowest BCUT2D eigenvalue weighted by atomic mass is 10.0. The van der Waals surface area contributed by atoms with Gasteiger partial charge >= 0.3 is 0 Å². The minimum Gasteiger partial charge on any atom is -0.381 e. The molecule has 0 fully saturated rings. The van der Waals surface area contributed by atoms with Crippen molar-refractivity contribution in [1.82, 2.24) is 5.32 Å². The highest BCUT2D eigenvalue weighted by Crippen LogP contribution is 2.08. The Morgan fingerprint density at radius 3 is 2.00 bits per heavy atom. The minimum atomic E-state index is 0.615. The van der Waals surface area contributed by atoms with E-state index in [2.05, 4.69) is 33.0 Å². The monoisotopic (exact) mass is 215 g/mol. The minimum absolute atomic E-state index is 0.615. The van der Waals surface area contributed by atoms with Gasteiger partial charge in [-0.25, -0.2) is 0 Å². The molecule has 0 spiro atoms. The van der Waals surface area contributed by atoms with E-state index >= 15 is 0 Å². The number of rotatable bonds is 9. The van der Waals surface area contributed by atoms with E-state index in [9.17, 15) is 0 Å². The van der Waals surface area contributed by atoms with Crippen molar-refractivity contribution < 1.29 is 4.74 Å². The standard InChI is InChI=1S/C13H29NO/c1-11(2)6-8-15-9-7-13(14-5)10-12(3)4/h11-14H,6-10H2,1-5H3. The van der Waals surface area contributed by atoms with Crippen molar-refractivity contribution in [2.75, 3.05) is 20.3 Å². The number of nitrogens with one attached hydrogen (secondary N) is 1. The van der Waals surface area contributed by atoms with Crippen LogP contribution in [0, 0.1) is 11.8 Å². The first kappa shape index (κ1) is 14.9. The van der Waals surface area contributed by atoms with Crippen LogP contribution in [0.3, 0.4) is 0 Å². The third kappa shape index (κ3) is 10.2. The second-order valence-electron chi connectivity index (χ2n) is 5.20. The Balaban J connectivity index is 3.38. The highest BCUT2D eigenvalue weighted by atomic mass is 16.5. The first-order chi connectivity index (χ1) is 7.06. The molecule has 0 saturated heterocycles. The van der Waals surface area contributed by atoms with Gasteiger partial charge in [0.25, 0.3) is 0 Å². The van der Waals surface area contributed by atoms with Gasteiger partial charge in [-0.1, -0.05) is 27.7 Å². The highest BCUT2D eigenvalue weighted by Gasteiger charge is 2.07. The summed E-state index contributed by atoms with van der Waals surface area (Å²) in [4.78, 5) is 0. The van der Waals surface area contributed by atoms with Crippen LogP contribution in [0.2, 0.25) is 0 Å². The average Bonchev–Trinajstić information content (AvgIpc) is 2.14. The summed E-state index contributed by atoms with van der Waals surface area (Å²) in [6.45, 7) is 10.8. The van der Waals surface area contributed by atoms with Gasteiger partial charge in [0.1, 0.15) is 0 Å². The van der Waals surface area contributed by atoms with Crippen molar-refractivity contribution in [2.24, 2.45) is 11.8 Å². The zero-order valence-electron chi connectivity index (χ0n) is 11.2. The van der Waals surface area contributed by atoms with E-state index in [-0.39, 0.29) is 0 Å². The molecule has 0 aliphatic rings. The normalized spacial score (nSPS) is 13.8. The van der Waals surface area contributed by atoms with Gasteiger partial charge in [0.15, 0.2) is 0 Å². The Bertz CT molecular complexity index is 134. The Morgan fingerprint density at radius 2 is 1.53 bits per heavy atom. The highest BCUT2D eigenvalue weighted by molar-refractivity contribution is 4.65. The van der Waals surface area contributed by atoms with Crippen LogP contribution in [0.5, 0.6) is 0 Å². The number of hydrogen-bond donors (Lipinski definition) is 1. The molecule has 15 heavy (non-hydrogen) atoms. The Labute approximate surface area is 95.8 Å². The molecule has 0 aromatic rings. The summed E-state index contributed by atoms with van der Waals surface area (Å²) in [5.74, 6) is 1.51. The molecule has 1 unspecified atom stereocenters. The van der Waals surface area contributed by atoms with Crippen LogP contribution in [0.25, 0.3) is 0 Å². The van der Waals surface area contributed by atoms with Gasteiger partial charge in [-0.2, -0.15) is 0 Å². The Kier molecular flexibility index (Phi) is 9.12. The molecule has 0 aromatic heterocycles. The zero-order chi connectivity index (χ0) is 11.7. The molecule has 92 valence electrons. The van der Waals surface area contributed by atoms with Gasteiger partial charge in [-0.3, -0.25) is 0 Å². The second kappa shape index (κ2) is 9.17. The Morgan fingerprint density at radius 1 is 0.933 bits per heavy atom. The van der Waals surface area contributed by atoms with Crippen molar-refractivity contribution >= 4 is 0 Å². The number of hydrogen-bond acceptors (Lipinski definition) is 2. The van der Waals surface area contributed by atoms with Crippen LogP contribution in [0.4, 0.5) is 0 Å². The smallest absolute Gasteiger partial charge is 0.0480 e. The third-order valence-corrected chi connectivity index (χ3v) is 2.61.